The Hall–Kier alpha value is -1.14. The summed E-state index contributed by atoms with van der Waals surface area (Å²) in [5, 5.41) is 0. The van der Waals surface area contributed by atoms with E-state index in [2.05, 4.69) is 44.6 Å². The van der Waals surface area contributed by atoms with E-state index in [9.17, 15) is 4.79 Å². The summed E-state index contributed by atoms with van der Waals surface area (Å²) < 4.78 is 6.11. The second kappa shape index (κ2) is 7.18. The van der Waals surface area contributed by atoms with E-state index in [-0.39, 0.29) is 5.97 Å². The Bertz CT molecular complexity index is 561. The summed E-state index contributed by atoms with van der Waals surface area (Å²) in [4.78, 5) is 21.5. The molecule has 5 nitrogen and oxygen atoms in total. The molecule has 0 saturated carbocycles. The first-order valence-electron chi connectivity index (χ1n) is 8.05. The van der Waals surface area contributed by atoms with Crippen LogP contribution in [-0.2, 0) is 4.74 Å². The first kappa shape index (κ1) is 18.2. The molecule has 0 aliphatic carbocycles. The number of aromatic nitrogens is 1. The summed E-state index contributed by atoms with van der Waals surface area (Å²) >= 11 is 3.41. The molecule has 6 heteroatoms. The number of hydrogen-bond donors (Lipinski definition) is 0. The third-order valence-electron chi connectivity index (χ3n) is 3.78. The topological polar surface area (TPSA) is 45.7 Å². The third kappa shape index (κ3) is 5.18. The Morgan fingerprint density at radius 3 is 2.35 bits per heavy atom. The van der Waals surface area contributed by atoms with Crippen LogP contribution in [0.25, 0.3) is 0 Å². The molecule has 0 aromatic carbocycles. The zero-order chi connectivity index (χ0) is 17.2. The van der Waals surface area contributed by atoms with Gasteiger partial charge in [-0.3, -0.25) is 4.90 Å². The van der Waals surface area contributed by atoms with Gasteiger partial charge < -0.3 is 9.64 Å². The molecular weight excluding hydrogens is 358 g/mol. The largest absolute Gasteiger partial charge is 0.456 e. The van der Waals surface area contributed by atoms with Gasteiger partial charge in [0.25, 0.3) is 0 Å². The van der Waals surface area contributed by atoms with Gasteiger partial charge in [0.1, 0.15) is 16.0 Å². The first-order chi connectivity index (χ1) is 10.7. The van der Waals surface area contributed by atoms with Gasteiger partial charge in [-0.05, 0) is 62.7 Å². The minimum absolute atomic E-state index is 0.317. The Balaban J connectivity index is 2.13. The molecule has 2 heterocycles. The van der Waals surface area contributed by atoms with E-state index in [4.69, 9.17) is 4.74 Å². The molecule has 1 fully saturated rings. The van der Waals surface area contributed by atoms with Crippen LogP contribution in [0.1, 0.15) is 45.0 Å². The Morgan fingerprint density at radius 1 is 1.22 bits per heavy atom. The molecule has 0 bridgehead atoms. The Labute approximate surface area is 147 Å². The quantitative estimate of drug-likeness (QED) is 0.591. The summed E-state index contributed by atoms with van der Waals surface area (Å²) in [6.45, 7) is 13.9. The summed E-state index contributed by atoms with van der Waals surface area (Å²) in [5.74, 6) is 0.506. The highest BCUT2D eigenvalue weighted by Gasteiger charge is 2.23. The zero-order valence-corrected chi connectivity index (χ0v) is 16.2. The number of anilines is 1. The normalized spacial score (nSPS) is 16.7. The van der Waals surface area contributed by atoms with E-state index in [1.54, 1.807) is 6.07 Å². The molecule has 1 aromatic heterocycles. The van der Waals surface area contributed by atoms with Gasteiger partial charge in [0.2, 0.25) is 0 Å². The molecule has 0 radical (unpaired) electrons. The average Bonchev–Trinajstić information content (AvgIpc) is 2.45. The van der Waals surface area contributed by atoms with Gasteiger partial charge in [-0.2, -0.15) is 0 Å². The van der Waals surface area contributed by atoms with Crippen LogP contribution < -0.4 is 4.90 Å². The molecule has 2 rings (SSSR count). The van der Waals surface area contributed by atoms with Gasteiger partial charge in [0.05, 0.1) is 5.56 Å². The number of rotatable bonds is 3. The lowest BCUT2D eigenvalue weighted by atomic mass is 10.2. The number of pyridine rings is 1. The van der Waals surface area contributed by atoms with Gasteiger partial charge in [-0.1, -0.05) is 0 Å². The van der Waals surface area contributed by atoms with Gasteiger partial charge in [-0.25, -0.2) is 9.78 Å². The molecule has 1 aromatic rings. The minimum atomic E-state index is -0.504. The van der Waals surface area contributed by atoms with Crippen molar-refractivity contribution in [2.24, 2.45) is 0 Å². The SMILES string of the molecule is CC(C)N1CCN(c2cc(C(=O)OC(C)(C)C)cc(Br)n2)CC1. The van der Waals surface area contributed by atoms with E-state index in [1.165, 1.54) is 0 Å². The average molecular weight is 384 g/mol. The van der Waals surface area contributed by atoms with Gasteiger partial charge in [0.15, 0.2) is 0 Å². The van der Waals surface area contributed by atoms with Crippen LogP contribution in [0, 0.1) is 0 Å². The van der Waals surface area contributed by atoms with Crippen molar-refractivity contribution in [3.63, 3.8) is 0 Å². The lowest BCUT2D eigenvalue weighted by Gasteiger charge is -2.37. The van der Waals surface area contributed by atoms with Crippen molar-refractivity contribution in [1.82, 2.24) is 9.88 Å². The number of carbonyl (C=O) groups is 1. The van der Waals surface area contributed by atoms with Crippen LogP contribution in [0.4, 0.5) is 5.82 Å². The van der Waals surface area contributed by atoms with Crippen LogP contribution in [0.15, 0.2) is 16.7 Å². The van der Waals surface area contributed by atoms with Gasteiger partial charge in [-0.15, -0.1) is 0 Å². The molecule has 1 aliphatic rings. The number of hydrogen-bond acceptors (Lipinski definition) is 5. The minimum Gasteiger partial charge on any atom is -0.456 e. The van der Waals surface area contributed by atoms with Crippen LogP contribution in [0.3, 0.4) is 0 Å². The molecule has 0 atom stereocenters. The second-order valence-corrected chi connectivity index (χ2v) is 7.97. The Morgan fingerprint density at radius 2 is 1.83 bits per heavy atom. The molecular formula is C17H26BrN3O2. The maximum absolute atomic E-state index is 12.3. The monoisotopic (exact) mass is 383 g/mol. The number of halogens is 1. The number of esters is 1. The molecule has 0 amide bonds. The zero-order valence-electron chi connectivity index (χ0n) is 14.6. The maximum Gasteiger partial charge on any atom is 0.338 e. The lowest BCUT2D eigenvalue weighted by molar-refractivity contribution is 0.00693. The summed E-state index contributed by atoms with van der Waals surface area (Å²) in [6.07, 6.45) is 0. The number of nitrogens with zero attached hydrogens (tertiary/aromatic N) is 3. The third-order valence-corrected chi connectivity index (χ3v) is 4.19. The highest BCUT2D eigenvalue weighted by atomic mass is 79.9. The van der Waals surface area contributed by atoms with Crippen molar-refractivity contribution in [2.75, 3.05) is 31.1 Å². The second-order valence-electron chi connectivity index (χ2n) is 7.16. The van der Waals surface area contributed by atoms with Crippen molar-refractivity contribution >= 4 is 27.7 Å². The summed E-state index contributed by atoms with van der Waals surface area (Å²) in [6, 6.07) is 4.09. The number of piperazine rings is 1. The first-order valence-corrected chi connectivity index (χ1v) is 8.85. The van der Waals surface area contributed by atoms with E-state index < -0.39 is 5.60 Å². The van der Waals surface area contributed by atoms with Crippen LogP contribution in [-0.4, -0.2) is 53.7 Å². The van der Waals surface area contributed by atoms with Gasteiger partial charge in [0, 0.05) is 32.2 Å². The van der Waals surface area contributed by atoms with Crippen molar-refractivity contribution in [2.45, 2.75) is 46.3 Å². The molecule has 23 heavy (non-hydrogen) atoms. The van der Waals surface area contributed by atoms with Crippen molar-refractivity contribution in [1.29, 1.82) is 0 Å². The standard InChI is InChI=1S/C17H26BrN3O2/c1-12(2)20-6-8-21(9-7-20)15-11-13(10-14(18)19-15)16(22)23-17(3,4)5/h10-12H,6-9H2,1-5H3. The fourth-order valence-electron chi connectivity index (χ4n) is 2.57. The van der Waals surface area contributed by atoms with Crippen molar-refractivity contribution in [3.8, 4) is 0 Å². The predicted molar refractivity (Wildman–Crippen MR) is 96.0 cm³/mol. The van der Waals surface area contributed by atoms with E-state index in [0.29, 0.717) is 16.2 Å². The fraction of sp³-hybridized carbons (Fsp3) is 0.647. The van der Waals surface area contributed by atoms with Crippen LogP contribution in [0.5, 0.6) is 0 Å². The lowest BCUT2D eigenvalue weighted by Crippen LogP contribution is -2.49. The van der Waals surface area contributed by atoms with Gasteiger partial charge >= 0.3 is 5.97 Å². The Kier molecular flexibility index (Phi) is 5.68. The smallest absolute Gasteiger partial charge is 0.338 e. The highest BCUT2D eigenvalue weighted by molar-refractivity contribution is 9.10. The summed E-state index contributed by atoms with van der Waals surface area (Å²) in [5.41, 5.74) is 0.0266. The molecule has 0 unspecified atom stereocenters. The molecule has 128 valence electrons. The molecule has 0 N–H and O–H groups in total. The van der Waals surface area contributed by atoms with E-state index in [1.807, 2.05) is 26.8 Å². The fourth-order valence-corrected chi connectivity index (χ4v) is 3.00. The summed E-state index contributed by atoms with van der Waals surface area (Å²) in [7, 11) is 0. The maximum atomic E-state index is 12.3. The molecule has 0 spiro atoms. The van der Waals surface area contributed by atoms with Crippen molar-refractivity contribution < 1.29 is 9.53 Å². The van der Waals surface area contributed by atoms with E-state index in [0.717, 1.165) is 32.0 Å². The van der Waals surface area contributed by atoms with Crippen molar-refractivity contribution in [3.05, 3.63) is 22.3 Å². The molecule has 1 aliphatic heterocycles. The number of ether oxygens (including phenoxy) is 1. The highest BCUT2D eigenvalue weighted by Crippen LogP contribution is 2.22. The predicted octanol–water partition coefficient (Wildman–Crippen LogP) is 3.33. The van der Waals surface area contributed by atoms with Crippen LogP contribution >= 0.6 is 15.9 Å². The number of carbonyl (C=O) groups excluding carboxylic acids is 1. The van der Waals surface area contributed by atoms with E-state index >= 15 is 0 Å². The van der Waals surface area contributed by atoms with Crippen LogP contribution in [0.2, 0.25) is 0 Å². The molecule has 1 saturated heterocycles.